The summed E-state index contributed by atoms with van der Waals surface area (Å²) >= 11 is 0. The van der Waals surface area contributed by atoms with Crippen LogP contribution in [0, 0.1) is 6.26 Å². The molecule has 0 spiro atoms. The lowest BCUT2D eigenvalue weighted by Crippen LogP contribution is -1.94. The molecule has 0 amide bonds. The Morgan fingerprint density at radius 3 is 3.30 bits per heavy atom. The van der Waals surface area contributed by atoms with Crippen molar-refractivity contribution in [2.75, 3.05) is 6.61 Å². The summed E-state index contributed by atoms with van der Waals surface area (Å²) < 4.78 is 9.93. The lowest BCUT2D eigenvalue weighted by atomic mass is 10.2. The van der Waals surface area contributed by atoms with E-state index in [2.05, 4.69) is 15.9 Å². The van der Waals surface area contributed by atoms with Gasteiger partial charge in [-0.05, 0) is 12.8 Å². The molecule has 2 heterocycles. The van der Waals surface area contributed by atoms with Gasteiger partial charge >= 0.3 is 0 Å². The van der Waals surface area contributed by atoms with Gasteiger partial charge in [0.25, 0.3) is 0 Å². The maximum absolute atomic E-state index is 5.35. The van der Waals surface area contributed by atoms with Crippen molar-refractivity contribution in [2.45, 2.75) is 18.9 Å². The summed E-state index contributed by atoms with van der Waals surface area (Å²) in [6.07, 6.45) is 4.88. The Labute approximate surface area is 59.0 Å². The van der Waals surface area contributed by atoms with Crippen LogP contribution in [-0.2, 0) is 4.74 Å². The van der Waals surface area contributed by atoms with Crippen LogP contribution >= 0.6 is 0 Å². The van der Waals surface area contributed by atoms with E-state index < -0.39 is 0 Å². The van der Waals surface area contributed by atoms with Gasteiger partial charge in [-0.1, -0.05) is 5.16 Å². The molecule has 1 saturated heterocycles. The molecular formula is C7H8NO2. The first-order valence-electron chi connectivity index (χ1n) is 3.41. The maximum atomic E-state index is 5.35. The van der Waals surface area contributed by atoms with Gasteiger partial charge in [0.05, 0.1) is 0 Å². The van der Waals surface area contributed by atoms with E-state index in [1.54, 1.807) is 6.07 Å². The Bertz CT molecular complexity index is 189. The summed E-state index contributed by atoms with van der Waals surface area (Å²) in [6.45, 7) is 0.845. The fraction of sp³-hybridized carbons (Fsp3) is 0.571. The predicted octanol–water partition coefficient (Wildman–Crippen LogP) is 1.33. The second-order valence-corrected chi connectivity index (χ2v) is 2.37. The van der Waals surface area contributed by atoms with Crippen molar-refractivity contribution in [1.29, 1.82) is 0 Å². The third kappa shape index (κ3) is 0.926. The van der Waals surface area contributed by atoms with E-state index in [1.165, 1.54) is 0 Å². The molecule has 1 aliphatic heterocycles. The van der Waals surface area contributed by atoms with Crippen molar-refractivity contribution >= 4 is 0 Å². The zero-order chi connectivity index (χ0) is 6.81. The zero-order valence-electron chi connectivity index (χ0n) is 5.54. The van der Waals surface area contributed by atoms with E-state index >= 15 is 0 Å². The van der Waals surface area contributed by atoms with Gasteiger partial charge < -0.3 is 9.26 Å². The Kier molecular flexibility index (Phi) is 1.43. The van der Waals surface area contributed by atoms with Gasteiger partial charge in [0, 0.05) is 12.7 Å². The maximum Gasteiger partial charge on any atom is 0.205 e. The molecule has 1 atom stereocenters. The Hall–Kier alpha value is -0.830. The average molecular weight is 138 g/mol. The highest BCUT2D eigenvalue weighted by Crippen LogP contribution is 2.26. The molecule has 3 nitrogen and oxygen atoms in total. The zero-order valence-corrected chi connectivity index (χ0v) is 5.54. The molecule has 0 aliphatic carbocycles. The van der Waals surface area contributed by atoms with Gasteiger partial charge in [-0.3, -0.25) is 0 Å². The normalized spacial score (nSPS) is 25.4. The Morgan fingerprint density at radius 1 is 1.70 bits per heavy atom. The highest BCUT2D eigenvalue weighted by Gasteiger charge is 2.19. The van der Waals surface area contributed by atoms with Crippen molar-refractivity contribution in [3.05, 3.63) is 18.0 Å². The molecular weight excluding hydrogens is 130 g/mol. The number of rotatable bonds is 1. The van der Waals surface area contributed by atoms with E-state index in [0.717, 1.165) is 25.1 Å². The van der Waals surface area contributed by atoms with Crippen LogP contribution in [0.5, 0.6) is 0 Å². The van der Waals surface area contributed by atoms with E-state index in [9.17, 15) is 0 Å². The van der Waals surface area contributed by atoms with Crippen LogP contribution in [-0.4, -0.2) is 11.8 Å². The number of hydrogen-bond donors (Lipinski definition) is 0. The Morgan fingerprint density at radius 2 is 2.70 bits per heavy atom. The number of aromatic nitrogens is 1. The van der Waals surface area contributed by atoms with Crippen LogP contribution in [0.2, 0.25) is 0 Å². The molecule has 1 unspecified atom stereocenters. The van der Waals surface area contributed by atoms with Gasteiger partial charge in [0.1, 0.15) is 11.8 Å². The fourth-order valence-electron chi connectivity index (χ4n) is 1.15. The molecule has 3 heteroatoms. The molecule has 10 heavy (non-hydrogen) atoms. The van der Waals surface area contributed by atoms with Gasteiger partial charge in [0.15, 0.2) is 0 Å². The standard InChI is InChI=1S/C7H8NO2/c1-2-7(9-4-1)6-3-5-10-8-6/h3,7H,1-2,4H2. The summed E-state index contributed by atoms with van der Waals surface area (Å²) in [6, 6.07) is 1.73. The second-order valence-electron chi connectivity index (χ2n) is 2.37. The van der Waals surface area contributed by atoms with Gasteiger partial charge in [0.2, 0.25) is 6.26 Å². The summed E-state index contributed by atoms with van der Waals surface area (Å²) in [5.41, 5.74) is 0.873. The van der Waals surface area contributed by atoms with Crippen molar-refractivity contribution < 1.29 is 9.26 Å². The summed E-state index contributed by atoms with van der Waals surface area (Å²) in [4.78, 5) is 0. The minimum absolute atomic E-state index is 0.162. The predicted molar refractivity (Wildman–Crippen MR) is 33.3 cm³/mol. The smallest absolute Gasteiger partial charge is 0.205 e. The number of nitrogens with zero attached hydrogens (tertiary/aromatic N) is 1. The summed E-state index contributed by atoms with van der Waals surface area (Å²) in [7, 11) is 0. The quantitative estimate of drug-likeness (QED) is 0.587. The van der Waals surface area contributed by atoms with Crippen LogP contribution in [0.15, 0.2) is 10.6 Å². The van der Waals surface area contributed by atoms with Gasteiger partial charge in [-0.2, -0.15) is 0 Å². The van der Waals surface area contributed by atoms with Crippen LogP contribution in [0.4, 0.5) is 0 Å². The monoisotopic (exact) mass is 138 g/mol. The number of ether oxygens (including phenoxy) is 1. The molecule has 1 radical (unpaired) electrons. The van der Waals surface area contributed by atoms with Gasteiger partial charge in [-0.15, -0.1) is 0 Å². The van der Waals surface area contributed by atoms with Crippen molar-refractivity contribution in [1.82, 2.24) is 5.16 Å². The van der Waals surface area contributed by atoms with Crippen LogP contribution < -0.4 is 0 Å². The van der Waals surface area contributed by atoms with E-state index in [1.807, 2.05) is 0 Å². The van der Waals surface area contributed by atoms with E-state index in [-0.39, 0.29) is 6.10 Å². The minimum atomic E-state index is 0.162. The first kappa shape index (κ1) is 5.92. The van der Waals surface area contributed by atoms with Crippen molar-refractivity contribution in [3.63, 3.8) is 0 Å². The van der Waals surface area contributed by atoms with Crippen molar-refractivity contribution in [2.24, 2.45) is 0 Å². The first-order valence-corrected chi connectivity index (χ1v) is 3.41. The third-order valence-corrected chi connectivity index (χ3v) is 1.67. The minimum Gasteiger partial charge on any atom is -0.372 e. The first-order chi connectivity index (χ1) is 4.97. The molecule has 1 aromatic heterocycles. The molecule has 0 N–H and O–H groups in total. The molecule has 53 valence electrons. The largest absolute Gasteiger partial charge is 0.372 e. The highest BCUT2D eigenvalue weighted by atomic mass is 16.5. The van der Waals surface area contributed by atoms with Crippen LogP contribution in [0.1, 0.15) is 24.6 Å². The third-order valence-electron chi connectivity index (χ3n) is 1.67. The lowest BCUT2D eigenvalue weighted by Gasteiger charge is -2.01. The van der Waals surface area contributed by atoms with Gasteiger partial charge in [-0.25, -0.2) is 0 Å². The SMILES string of the molecule is [c]1cc(C2CCCO2)no1. The second kappa shape index (κ2) is 2.42. The summed E-state index contributed by atoms with van der Waals surface area (Å²) in [5.74, 6) is 0. The molecule has 1 aromatic rings. The molecule has 2 rings (SSSR count). The van der Waals surface area contributed by atoms with Crippen LogP contribution in [0.3, 0.4) is 0 Å². The van der Waals surface area contributed by atoms with Crippen molar-refractivity contribution in [3.8, 4) is 0 Å². The summed E-state index contributed by atoms with van der Waals surface area (Å²) in [5, 5.41) is 3.74. The average Bonchev–Trinajstić information content (AvgIpc) is 2.59. The highest BCUT2D eigenvalue weighted by molar-refractivity contribution is 5.00. The fourth-order valence-corrected chi connectivity index (χ4v) is 1.15. The Balaban J connectivity index is 2.12. The lowest BCUT2D eigenvalue weighted by molar-refractivity contribution is 0.105. The van der Waals surface area contributed by atoms with E-state index in [4.69, 9.17) is 4.74 Å². The topological polar surface area (TPSA) is 35.3 Å². The molecule has 1 aliphatic rings. The molecule has 1 fully saturated rings. The van der Waals surface area contributed by atoms with Crippen LogP contribution in [0.25, 0.3) is 0 Å². The molecule has 0 saturated carbocycles. The molecule has 0 aromatic carbocycles. The number of hydrogen-bond acceptors (Lipinski definition) is 3. The van der Waals surface area contributed by atoms with E-state index in [0.29, 0.717) is 0 Å². The molecule has 0 bridgehead atoms.